The van der Waals surface area contributed by atoms with Gasteiger partial charge < -0.3 is 15.2 Å². The molecule has 1 rings (SSSR count). The van der Waals surface area contributed by atoms with E-state index in [2.05, 4.69) is 21.2 Å². The van der Waals surface area contributed by atoms with Crippen LogP contribution in [0.2, 0.25) is 0 Å². The van der Waals surface area contributed by atoms with Crippen molar-refractivity contribution in [3.05, 3.63) is 28.7 Å². The van der Waals surface area contributed by atoms with E-state index in [1.165, 1.54) is 0 Å². The number of rotatable bonds is 7. The molecule has 110 valence electrons. The maximum absolute atomic E-state index is 11.8. The first-order valence-electron chi connectivity index (χ1n) is 6.20. The van der Waals surface area contributed by atoms with E-state index in [-0.39, 0.29) is 18.9 Å². The zero-order valence-electron chi connectivity index (χ0n) is 11.5. The highest BCUT2D eigenvalue weighted by molar-refractivity contribution is 9.10. The van der Waals surface area contributed by atoms with E-state index >= 15 is 0 Å². The Bertz CT molecular complexity index is 488. The largest absolute Gasteiger partial charge is 0.484 e. The molecule has 0 radical (unpaired) electrons. The van der Waals surface area contributed by atoms with E-state index in [9.17, 15) is 9.59 Å². The van der Waals surface area contributed by atoms with Gasteiger partial charge in [-0.05, 0) is 38.5 Å². The molecule has 5 nitrogen and oxygen atoms in total. The molecule has 0 bridgehead atoms. The minimum absolute atomic E-state index is 0.0137. The number of carboxylic acid groups (broad SMARTS) is 1. The lowest BCUT2D eigenvalue weighted by molar-refractivity contribution is -0.138. The molecule has 0 fully saturated rings. The van der Waals surface area contributed by atoms with Gasteiger partial charge in [-0.1, -0.05) is 22.0 Å². The van der Waals surface area contributed by atoms with Crippen molar-refractivity contribution in [1.82, 2.24) is 5.32 Å². The molecule has 1 amide bonds. The Balaban J connectivity index is 2.41. The van der Waals surface area contributed by atoms with Crippen LogP contribution in [0.15, 0.2) is 28.7 Å². The predicted molar refractivity (Wildman–Crippen MR) is 78.7 cm³/mol. The Hall–Kier alpha value is -1.56. The monoisotopic (exact) mass is 343 g/mol. The average molecular weight is 344 g/mol. The number of ether oxygens (including phenoxy) is 1. The number of benzene rings is 1. The van der Waals surface area contributed by atoms with Gasteiger partial charge in [-0.25, -0.2) is 0 Å². The number of nitrogens with one attached hydrogen (secondary N) is 1. The van der Waals surface area contributed by atoms with E-state index in [0.717, 1.165) is 4.47 Å². The maximum atomic E-state index is 11.8. The van der Waals surface area contributed by atoms with E-state index in [0.29, 0.717) is 12.2 Å². The molecule has 2 N–H and O–H groups in total. The number of hydrogen-bond donors (Lipinski definition) is 2. The first kappa shape index (κ1) is 16.5. The molecule has 20 heavy (non-hydrogen) atoms. The number of carboxylic acids is 1. The summed E-state index contributed by atoms with van der Waals surface area (Å²) in [5.74, 6) is -0.559. The van der Waals surface area contributed by atoms with Gasteiger partial charge in [0, 0.05) is 16.4 Å². The number of hydrogen-bond acceptors (Lipinski definition) is 3. The molecule has 0 aromatic heterocycles. The fraction of sp³-hybridized carbons (Fsp3) is 0.429. The summed E-state index contributed by atoms with van der Waals surface area (Å²) in [5.41, 5.74) is -0.573. The van der Waals surface area contributed by atoms with Crippen molar-refractivity contribution in [3.8, 4) is 5.75 Å². The highest BCUT2D eigenvalue weighted by Crippen LogP contribution is 2.17. The Labute approximate surface area is 126 Å². The van der Waals surface area contributed by atoms with E-state index < -0.39 is 11.5 Å². The van der Waals surface area contributed by atoms with Crippen molar-refractivity contribution in [2.75, 3.05) is 6.61 Å². The SMILES string of the molecule is CC(C)(CCC(=O)O)NC(=O)COc1cccc(Br)c1. The van der Waals surface area contributed by atoms with E-state index in [1.807, 2.05) is 12.1 Å². The number of aliphatic carboxylic acids is 1. The minimum Gasteiger partial charge on any atom is -0.484 e. The second-order valence-electron chi connectivity index (χ2n) is 5.07. The lowest BCUT2D eigenvalue weighted by atomic mass is 9.98. The van der Waals surface area contributed by atoms with Crippen molar-refractivity contribution in [2.45, 2.75) is 32.2 Å². The molecule has 0 spiro atoms. The molecule has 0 aliphatic carbocycles. The van der Waals surface area contributed by atoms with Gasteiger partial charge >= 0.3 is 5.97 Å². The number of amides is 1. The fourth-order valence-corrected chi connectivity index (χ4v) is 1.98. The number of carbonyl (C=O) groups is 2. The van der Waals surface area contributed by atoms with Crippen LogP contribution < -0.4 is 10.1 Å². The van der Waals surface area contributed by atoms with Gasteiger partial charge in [0.2, 0.25) is 0 Å². The summed E-state index contributed by atoms with van der Waals surface area (Å²) in [5, 5.41) is 11.4. The zero-order valence-corrected chi connectivity index (χ0v) is 13.1. The van der Waals surface area contributed by atoms with Crippen LogP contribution in [0, 0.1) is 0 Å². The van der Waals surface area contributed by atoms with Crippen LogP contribution in [0.4, 0.5) is 0 Å². The standard InChI is InChI=1S/C14H18BrNO4/c1-14(2,7-6-13(18)19)16-12(17)9-20-11-5-3-4-10(15)8-11/h3-5,8H,6-7,9H2,1-2H3,(H,16,17)(H,18,19). The van der Waals surface area contributed by atoms with Gasteiger partial charge in [-0.3, -0.25) is 9.59 Å². The normalized spacial score (nSPS) is 10.9. The minimum atomic E-state index is -0.877. The van der Waals surface area contributed by atoms with Gasteiger partial charge in [-0.2, -0.15) is 0 Å². The quantitative estimate of drug-likeness (QED) is 0.797. The van der Waals surface area contributed by atoms with E-state index in [4.69, 9.17) is 9.84 Å². The Morgan fingerprint density at radius 2 is 2.10 bits per heavy atom. The first-order chi connectivity index (χ1) is 9.28. The van der Waals surface area contributed by atoms with Crippen LogP contribution in [0.25, 0.3) is 0 Å². The van der Waals surface area contributed by atoms with E-state index in [1.54, 1.807) is 26.0 Å². The van der Waals surface area contributed by atoms with Crippen LogP contribution in [0.5, 0.6) is 5.75 Å². The third-order valence-corrected chi connectivity index (χ3v) is 3.10. The molecule has 1 aromatic rings. The predicted octanol–water partition coefficient (Wildman–Crippen LogP) is 2.59. The molecule has 0 heterocycles. The molecular formula is C14H18BrNO4. The second kappa shape index (κ2) is 7.28. The lowest BCUT2D eigenvalue weighted by Crippen LogP contribution is -2.45. The van der Waals surface area contributed by atoms with Crippen molar-refractivity contribution < 1.29 is 19.4 Å². The Morgan fingerprint density at radius 1 is 1.40 bits per heavy atom. The second-order valence-corrected chi connectivity index (χ2v) is 5.99. The topological polar surface area (TPSA) is 75.6 Å². The molecule has 0 unspecified atom stereocenters. The van der Waals surface area contributed by atoms with Crippen LogP contribution >= 0.6 is 15.9 Å². The summed E-state index contributed by atoms with van der Waals surface area (Å²) < 4.78 is 6.23. The maximum Gasteiger partial charge on any atom is 0.303 e. The molecule has 0 aliphatic heterocycles. The van der Waals surface area contributed by atoms with Gasteiger partial charge in [-0.15, -0.1) is 0 Å². The summed E-state index contributed by atoms with van der Waals surface area (Å²) in [6.07, 6.45) is 0.380. The molecule has 0 atom stereocenters. The lowest BCUT2D eigenvalue weighted by Gasteiger charge is -2.25. The molecule has 1 aromatic carbocycles. The van der Waals surface area contributed by atoms with Crippen LogP contribution in [-0.2, 0) is 9.59 Å². The Morgan fingerprint density at radius 3 is 2.70 bits per heavy atom. The number of carbonyl (C=O) groups excluding carboxylic acids is 1. The molecule has 0 saturated heterocycles. The van der Waals surface area contributed by atoms with Gasteiger partial charge in [0.05, 0.1) is 0 Å². The molecule has 0 aliphatic rings. The van der Waals surface area contributed by atoms with Crippen LogP contribution in [0.3, 0.4) is 0 Å². The molecule has 6 heteroatoms. The summed E-state index contributed by atoms with van der Waals surface area (Å²) in [6.45, 7) is 3.47. The summed E-state index contributed by atoms with van der Waals surface area (Å²) in [4.78, 5) is 22.3. The first-order valence-corrected chi connectivity index (χ1v) is 6.99. The van der Waals surface area contributed by atoms with Crippen molar-refractivity contribution in [2.24, 2.45) is 0 Å². The smallest absolute Gasteiger partial charge is 0.303 e. The summed E-state index contributed by atoms with van der Waals surface area (Å²) in [6, 6.07) is 7.20. The summed E-state index contributed by atoms with van der Waals surface area (Å²) in [7, 11) is 0. The average Bonchev–Trinajstić information content (AvgIpc) is 2.34. The Kier molecular flexibility index (Phi) is 6.01. The van der Waals surface area contributed by atoms with Gasteiger partial charge in [0.1, 0.15) is 5.75 Å². The highest BCUT2D eigenvalue weighted by atomic mass is 79.9. The summed E-state index contributed by atoms with van der Waals surface area (Å²) >= 11 is 3.32. The van der Waals surface area contributed by atoms with Gasteiger partial charge in [0.25, 0.3) is 5.91 Å². The molecule has 0 saturated carbocycles. The third kappa shape index (κ3) is 6.56. The van der Waals surface area contributed by atoms with Crippen LogP contribution in [-0.4, -0.2) is 29.1 Å². The fourth-order valence-electron chi connectivity index (χ4n) is 1.60. The van der Waals surface area contributed by atoms with Crippen molar-refractivity contribution >= 4 is 27.8 Å². The molecular weight excluding hydrogens is 326 g/mol. The van der Waals surface area contributed by atoms with Gasteiger partial charge in [0.15, 0.2) is 6.61 Å². The number of halogens is 1. The van der Waals surface area contributed by atoms with Crippen LogP contribution in [0.1, 0.15) is 26.7 Å². The zero-order chi connectivity index (χ0) is 15.2. The third-order valence-electron chi connectivity index (χ3n) is 2.61. The van der Waals surface area contributed by atoms with Crippen molar-refractivity contribution in [3.63, 3.8) is 0 Å². The van der Waals surface area contributed by atoms with Crippen molar-refractivity contribution in [1.29, 1.82) is 0 Å². The highest BCUT2D eigenvalue weighted by Gasteiger charge is 2.21.